The maximum atomic E-state index is 12.3. The molecule has 1 unspecified atom stereocenters. The number of carbonyl (C=O) groups excluding carboxylic acids is 2. The van der Waals surface area contributed by atoms with Crippen molar-refractivity contribution in [2.45, 2.75) is 290 Å². The van der Waals surface area contributed by atoms with Gasteiger partial charge in [-0.15, -0.1) is 0 Å². The van der Waals surface area contributed by atoms with Crippen LogP contribution in [0.4, 0.5) is 0 Å². The van der Waals surface area contributed by atoms with Crippen molar-refractivity contribution in [2.24, 2.45) is 0 Å². The Morgan fingerprint density at radius 3 is 0.984 bits per heavy atom. The van der Waals surface area contributed by atoms with Crippen LogP contribution in [0.5, 0.6) is 0 Å². The predicted molar refractivity (Wildman–Crippen MR) is 270 cm³/mol. The van der Waals surface area contributed by atoms with E-state index in [4.69, 9.17) is 9.47 Å². The van der Waals surface area contributed by atoms with Crippen LogP contribution in [0.1, 0.15) is 284 Å². The van der Waals surface area contributed by atoms with Gasteiger partial charge in [0.25, 0.3) is 0 Å². The minimum atomic E-state index is -0.774. The lowest BCUT2D eigenvalue weighted by Crippen LogP contribution is -2.28. The van der Waals surface area contributed by atoms with E-state index < -0.39 is 6.10 Å². The first-order chi connectivity index (χ1) is 30.6. The highest BCUT2D eigenvalue weighted by molar-refractivity contribution is 5.70. The molecule has 0 bridgehead atoms. The summed E-state index contributed by atoms with van der Waals surface area (Å²) in [5, 5.41) is 9.62. The van der Waals surface area contributed by atoms with Crippen LogP contribution in [0.2, 0.25) is 0 Å². The molecule has 0 fully saturated rings. The number of carbonyl (C=O) groups is 2. The number of unbranched alkanes of at least 4 members (excludes halogenated alkanes) is 34. The summed E-state index contributed by atoms with van der Waals surface area (Å²) in [6.45, 7) is 4.14. The van der Waals surface area contributed by atoms with Crippen molar-refractivity contribution in [1.29, 1.82) is 0 Å². The van der Waals surface area contributed by atoms with E-state index in [0.29, 0.717) is 12.8 Å². The highest BCUT2D eigenvalue weighted by Crippen LogP contribution is 2.16. The highest BCUT2D eigenvalue weighted by Gasteiger charge is 2.16. The van der Waals surface area contributed by atoms with Crippen molar-refractivity contribution in [1.82, 2.24) is 0 Å². The molecule has 62 heavy (non-hydrogen) atoms. The molecule has 0 saturated carbocycles. The Kier molecular flexibility index (Phi) is 51.4. The Hall–Kier alpha value is -2.14. The van der Waals surface area contributed by atoms with Crippen LogP contribution in [0, 0.1) is 0 Å². The molecule has 5 nitrogen and oxygen atoms in total. The maximum Gasteiger partial charge on any atom is 0.306 e. The zero-order valence-corrected chi connectivity index (χ0v) is 41.4. The number of ether oxygens (including phenoxy) is 2. The SMILES string of the molecule is CCCCCCC/C=C\C/C=C\C/C=C\CCCCCCCCCCCCCCCCCCCCC(=O)OC(CO)COC(=O)CCCCCCC/C=C\CCCCCCCC. The largest absolute Gasteiger partial charge is 0.462 e. The number of allylic oxidation sites excluding steroid dienone is 8. The summed E-state index contributed by atoms with van der Waals surface area (Å²) in [7, 11) is 0. The Morgan fingerprint density at radius 1 is 0.371 bits per heavy atom. The van der Waals surface area contributed by atoms with Crippen LogP contribution in [0.3, 0.4) is 0 Å². The van der Waals surface area contributed by atoms with E-state index in [-0.39, 0.29) is 25.2 Å². The fourth-order valence-corrected chi connectivity index (χ4v) is 7.97. The zero-order valence-electron chi connectivity index (χ0n) is 41.4. The molecule has 0 aliphatic rings. The summed E-state index contributed by atoms with van der Waals surface area (Å²) < 4.78 is 10.7. The van der Waals surface area contributed by atoms with Crippen LogP contribution in [0.25, 0.3) is 0 Å². The third kappa shape index (κ3) is 50.5. The van der Waals surface area contributed by atoms with E-state index in [1.165, 1.54) is 199 Å². The second kappa shape index (κ2) is 53.2. The molecule has 0 rings (SSSR count). The number of hydrogen-bond donors (Lipinski definition) is 1. The second-order valence-corrected chi connectivity index (χ2v) is 18.3. The second-order valence-electron chi connectivity index (χ2n) is 18.3. The van der Waals surface area contributed by atoms with Crippen molar-refractivity contribution in [3.63, 3.8) is 0 Å². The summed E-state index contributed by atoms with van der Waals surface area (Å²) in [6.07, 6.45) is 69.4. The van der Waals surface area contributed by atoms with Crippen LogP contribution in [0.15, 0.2) is 48.6 Å². The number of aliphatic hydroxyl groups excluding tert-OH is 1. The zero-order chi connectivity index (χ0) is 44.9. The summed E-state index contributed by atoms with van der Waals surface area (Å²) in [5.74, 6) is -0.590. The average molecular weight is 869 g/mol. The number of hydrogen-bond acceptors (Lipinski definition) is 5. The van der Waals surface area contributed by atoms with Gasteiger partial charge in [-0.05, 0) is 77.0 Å². The van der Waals surface area contributed by atoms with Crippen LogP contribution >= 0.6 is 0 Å². The lowest BCUT2D eigenvalue weighted by atomic mass is 10.0. The molecule has 0 radical (unpaired) electrons. The first-order valence-electron chi connectivity index (χ1n) is 27.2. The van der Waals surface area contributed by atoms with Gasteiger partial charge in [-0.2, -0.15) is 0 Å². The molecule has 0 aliphatic carbocycles. The molecular weight excluding hydrogens is 765 g/mol. The van der Waals surface area contributed by atoms with Crippen LogP contribution in [-0.4, -0.2) is 36.4 Å². The van der Waals surface area contributed by atoms with Gasteiger partial charge in [0.1, 0.15) is 6.61 Å². The van der Waals surface area contributed by atoms with Gasteiger partial charge in [0, 0.05) is 12.8 Å². The average Bonchev–Trinajstić information content (AvgIpc) is 3.28. The first kappa shape index (κ1) is 59.9. The van der Waals surface area contributed by atoms with Crippen molar-refractivity contribution in [2.75, 3.05) is 13.2 Å². The molecule has 0 aromatic heterocycles. The molecule has 0 aromatic carbocycles. The van der Waals surface area contributed by atoms with Crippen molar-refractivity contribution >= 4 is 11.9 Å². The topological polar surface area (TPSA) is 72.8 Å². The molecule has 0 aromatic rings. The molecule has 0 aliphatic heterocycles. The van der Waals surface area contributed by atoms with Crippen molar-refractivity contribution in [3.05, 3.63) is 48.6 Å². The Bertz CT molecular complexity index is 1030. The molecule has 362 valence electrons. The molecule has 1 N–H and O–H groups in total. The lowest BCUT2D eigenvalue weighted by molar-refractivity contribution is -0.161. The van der Waals surface area contributed by atoms with E-state index in [2.05, 4.69) is 62.5 Å². The normalized spacial score (nSPS) is 12.5. The van der Waals surface area contributed by atoms with Gasteiger partial charge >= 0.3 is 11.9 Å². The van der Waals surface area contributed by atoms with E-state index >= 15 is 0 Å². The Balaban J connectivity index is 3.44. The third-order valence-corrected chi connectivity index (χ3v) is 12.1. The van der Waals surface area contributed by atoms with E-state index in [9.17, 15) is 14.7 Å². The summed E-state index contributed by atoms with van der Waals surface area (Å²) >= 11 is 0. The quantitative estimate of drug-likeness (QED) is 0.0375. The lowest BCUT2D eigenvalue weighted by Gasteiger charge is -2.15. The molecule has 0 saturated heterocycles. The van der Waals surface area contributed by atoms with Gasteiger partial charge in [-0.1, -0.05) is 242 Å². The summed E-state index contributed by atoms with van der Waals surface area (Å²) in [6, 6.07) is 0. The molecule has 0 amide bonds. The van der Waals surface area contributed by atoms with Gasteiger partial charge in [-0.3, -0.25) is 9.59 Å². The maximum absolute atomic E-state index is 12.3. The number of rotatable bonds is 50. The summed E-state index contributed by atoms with van der Waals surface area (Å²) in [4.78, 5) is 24.4. The van der Waals surface area contributed by atoms with Crippen molar-refractivity contribution in [3.8, 4) is 0 Å². The fraction of sp³-hybridized carbons (Fsp3) is 0.825. The number of esters is 2. The molecule has 0 spiro atoms. The minimum absolute atomic E-state index is 0.0675. The van der Waals surface area contributed by atoms with Gasteiger partial charge in [0.2, 0.25) is 0 Å². The molecule has 0 heterocycles. The predicted octanol–water partition coefficient (Wildman–Crippen LogP) is 18.1. The Morgan fingerprint density at radius 2 is 0.645 bits per heavy atom. The monoisotopic (exact) mass is 869 g/mol. The molecule has 1 atom stereocenters. The van der Waals surface area contributed by atoms with E-state index in [0.717, 1.165) is 57.8 Å². The van der Waals surface area contributed by atoms with E-state index in [1.807, 2.05) is 0 Å². The van der Waals surface area contributed by atoms with Gasteiger partial charge in [-0.25, -0.2) is 0 Å². The number of aliphatic hydroxyl groups is 1. The smallest absolute Gasteiger partial charge is 0.306 e. The van der Waals surface area contributed by atoms with Crippen LogP contribution in [-0.2, 0) is 19.1 Å². The van der Waals surface area contributed by atoms with Crippen molar-refractivity contribution < 1.29 is 24.2 Å². The fourth-order valence-electron chi connectivity index (χ4n) is 7.97. The Labute approximate surface area is 386 Å². The highest BCUT2D eigenvalue weighted by atomic mass is 16.6. The first-order valence-corrected chi connectivity index (χ1v) is 27.2. The third-order valence-electron chi connectivity index (χ3n) is 12.1. The minimum Gasteiger partial charge on any atom is -0.462 e. The summed E-state index contributed by atoms with van der Waals surface area (Å²) in [5.41, 5.74) is 0. The molecular formula is C57H104O5. The van der Waals surface area contributed by atoms with Gasteiger partial charge in [0.05, 0.1) is 6.61 Å². The van der Waals surface area contributed by atoms with Crippen LogP contribution < -0.4 is 0 Å². The molecule has 5 heteroatoms. The van der Waals surface area contributed by atoms with Gasteiger partial charge in [0.15, 0.2) is 6.10 Å². The van der Waals surface area contributed by atoms with E-state index in [1.54, 1.807) is 0 Å². The standard InChI is InChI=1S/C57H104O5/c1-3-5-7-9-11-13-15-17-19-20-21-22-23-24-25-26-27-28-29-30-31-32-33-34-35-36-38-40-42-44-46-48-50-52-57(60)62-55(53-58)54-61-56(59)51-49-47-45-43-41-39-37-18-16-14-12-10-8-6-4-2/h15,17-18,20-21,23-24,37,55,58H,3-14,16,19,22,25-36,38-54H2,1-2H3/b17-15-,21-20-,24-23-,37-18-. The van der Waals surface area contributed by atoms with Gasteiger partial charge < -0.3 is 14.6 Å².